The van der Waals surface area contributed by atoms with Crippen LogP contribution in [0.15, 0.2) is 36.4 Å². The minimum absolute atomic E-state index is 0.0843. The van der Waals surface area contributed by atoms with Gasteiger partial charge in [-0.3, -0.25) is 0 Å². The third-order valence-corrected chi connectivity index (χ3v) is 5.01. The lowest BCUT2D eigenvalue weighted by Gasteiger charge is -2.29. The van der Waals surface area contributed by atoms with Crippen molar-refractivity contribution in [3.8, 4) is 11.5 Å². The molecule has 0 fully saturated rings. The maximum Gasteiger partial charge on any atom is 0.322 e. The molecule has 2 aromatic carbocycles. The van der Waals surface area contributed by atoms with Gasteiger partial charge in [0.25, 0.3) is 0 Å². The maximum atomic E-state index is 12.7. The van der Waals surface area contributed by atoms with Gasteiger partial charge in [0.05, 0.1) is 14.2 Å². The standard InChI is InChI=1S/C22H28N2O3/c1-22(2,3)17-6-8-18(9-7-17)23-21(25)24-11-10-15-12-19(26-4)20(27-5)13-16(15)14-24/h6-9,12-13H,10-11,14H2,1-5H3,(H,23,25). The van der Waals surface area contributed by atoms with Crippen LogP contribution in [-0.4, -0.2) is 31.7 Å². The van der Waals surface area contributed by atoms with Gasteiger partial charge in [-0.2, -0.15) is 0 Å². The highest BCUT2D eigenvalue weighted by molar-refractivity contribution is 5.89. The zero-order valence-electron chi connectivity index (χ0n) is 16.8. The quantitative estimate of drug-likeness (QED) is 0.862. The zero-order chi connectivity index (χ0) is 19.6. The molecule has 0 atom stereocenters. The van der Waals surface area contributed by atoms with E-state index in [9.17, 15) is 4.79 Å². The van der Waals surface area contributed by atoms with Gasteiger partial charge in [-0.1, -0.05) is 32.9 Å². The monoisotopic (exact) mass is 368 g/mol. The molecule has 5 heteroatoms. The smallest absolute Gasteiger partial charge is 0.322 e. The molecule has 0 saturated carbocycles. The van der Waals surface area contributed by atoms with Gasteiger partial charge in [0.1, 0.15) is 0 Å². The molecule has 2 amide bonds. The van der Waals surface area contributed by atoms with Gasteiger partial charge in [-0.25, -0.2) is 4.79 Å². The van der Waals surface area contributed by atoms with Crippen molar-refractivity contribution in [2.45, 2.75) is 39.2 Å². The van der Waals surface area contributed by atoms with Gasteiger partial charge in [0.2, 0.25) is 0 Å². The van der Waals surface area contributed by atoms with E-state index >= 15 is 0 Å². The SMILES string of the molecule is COc1cc2c(cc1OC)CN(C(=O)Nc1ccc(C(C)(C)C)cc1)CC2. The van der Waals surface area contributed by atoms with Crippen LogP contribution < -0.4 is 14.8 Å². The molecule has 0 spiro atoms. The average molecular weight is 368 g/mol. The Morgan fingerprint density at radius 1 is 1.00 bits per heavy atom. The van der Waals surface area contributed by atoms with Gasteiger partial charge in [0, 0.05) is 18.8 Å². The fourth-order valence-corrected chi connectivity index (χ4v) is 3.31. The maximum absolute atomic E-state index is 12.7. The Morgan fingerprint density at radius 2 is 1.59 bits per heavy atom. The highest BCUT2D eigenvalue weighted by Crippen LogP contribution is 2.33. The predicted octanol–water partition coefficient (Wildman–Crippen LogP) is 4.59. The summed E-state index contributed by atoms with van der Waals surface area (Å²) in [6, 6.07) is 11.9. The number of nitrogens with one attached hydrogen (secondary N) is 1. The van der Waals surface area contributed by atoms with E-state index in [1.54, 1.807) is 14.2 Å². The number of methoxy groups -OCH3 is 2. The number of rotatable bonds is 3. The van der Waals surface area contributed by atoms with Crippen LogP contribution in [0.3, 0.4) is 0 Å². The van der Waals surface area contributed by atoms with Gasteiger partial charge in [-0.05, 0) is 52.8 Å². The third kappa shape index (κ3) is 4.18. The molecule has 1 aliphatic rings. The average Bonchev–Trinajstić information content (AvgIpc) is 2.66. The number of carbonyl (C=O) groups excluding carboxylic acids is 1. The molecule has 0 saturated heterocycles. The lowest BCUT2D eigenvalue weighted by molar-refractivity contribution is 0.206. The van der Waals surface area contributed by atoms with Crippen LogP contribution >= 0.6 is 0 Å². The lowest BCUT2D eigenvalue weighted by atomic mass is 9.87. The first kappa shape index (κ1) is 19.1. The Bertz CT molecular complexity index is 823. The van der Waals surface area contributed by atoms with E-state index in [1.165, 1.54) is 11.1 Å². The van der Waals surface area contributed by atoms with Crippen molar-refractivity contribution in [3.63, 3.8) is 0 Å². The molecular formula is C22H28N2O3. The number of urea groups is 1. The van der Waals surface area contributed by atoms with Crippen LogP contribution in [0.5, 0.6) is 11.5 Å². The summed E-state index contributed by atoms with van der Waals surface area (Å²) in [6.45, 7) is 7.76. The minimum atomic E-state index is -0.0843. The van der Waals surface area contributed by atoms with E-state index in [1.807, 2.05) is 29.2 Å². The molecule has 1 aliphatic heterocycles. The number of ether oxygens (including phenoxy) is 2. The number of amides is 2. The van der Waals surface area contributed by atoms with Crippen LogP contribution in [0.4, 0.5) is 10.5 Å². The summed E-state index contributed by atoms with van der Waals surface area (Å²) in [6.07, 6.45) is 0.798. The molecule has 0 bridgehead atoms. The number of benzene rings is 2. The van der Waals surface area contributed by atoms with Crippen LogP contribution in [0, 0.1) is 0 Å². The van der Waals surface area contributed by atoms with Crippen molar-refractivity contribution in [2.24, 2.45) is 0 Å². The van der Waals surface area contributed by atoms with Crippen molar-refractivity contribution in [1.29, 1.82) is 0 Å². The molecule has 5 nitrogen and oxygen atoms in total. The molecule has 27 heavy (non-hydrogen) atoms. The van der Waals surface area contributed by atoms with Gasteiger partial charge in [0.15, 0.2) is 11.5 Å². The van der Waals surface area contributed by atoms with Crippen molar-refractivity contribution < 1.29 is 14.3 Å². The Balaban J connectivity index is 1.70. The Labute approximate surface area is 161 Å². The van der Waals surface area contributed by atoms with E-state index in [-0.39, 0.29) is 11.4 Å². The molecule has 2 aromatic rings. The third-order valence-electron chi connectivity index (χ3n) is 5.01. The molecule has 0 aliphatic carbocycles. The number of carbonyl (C=O) groups is 1. The van der Waals surface area contributed by atoms with E-state index in [2.05, 4.69) is 38.2 Å². The molecule has 1 N–H and O–H groups in total. The highest BCUT2D eigenvalue weighted by Gasteiger charge is 2.23. The van der Waals surface area contributed by atoms with Crippen molar-refractivity contribution in [2.75, 3.05) is 26.1 Å². The predicted molar refractivity (Wildman–Crippen MR) is 108 cm³/mol. The van der Waals surface area contributed by atoms with Crippen LogP contribution in [0.25, 0.3) is 0 Å². The summed E-state index contributed by atoms with van der Waals surface area (Å²) in [5.41, 5.74) is 4.45. The number of hydrogen-bond donors (Lipinski definition) is 1. The zero-order valence-corrected chi connectivity index (χ0v) is 16.8. The molecule has 3 rings (SSSR count). The first-order valence-electron chi connectivity index (χ1n) is 9.22. The van der Waals surface area contributed by atoms with E-state index in [0.29, 0.717) is 18.8 Å². The Hall–Kier alpha value is -2.69. The fourth-order valence-electron chi connectivity index (χ4n) is 3.31. The summed E-state index contributed by atoms with van der Waals surface area (Å²) in [5.74, 6) is 1.42. The Kier molecular flexibility index (Phi) is 5.31. The van der Waals surface area contributed by atoms with Crippen LogP contribution in [0.2, 0.25) is 0 Å². The molecule has 144 valence electrons. The number of hydrogen-bond acceptors (Lipinski definition) is 3. The van der Waals surface area contributed by atoms with E-state index < -0.39 is 0 Å². The normalized spacial score (nSPS) is 13.7. The minimum Gasteiger partial charge on any atom is -0.493 e. The van der Waals surface area contributed by atoms with Crippen molar-refractivity contribution >= 4 is 11.7 Å². The summed E-state index contributed by atoms with van der Waals surface area (Å²) >= 11 is 0. The number of anilines is 1. The summed E-state index contributed by atoms with van der Waals surface area (Å²) in [4.78, 5) is 14.5. The molecular weight excluding hydrogens is 340 g/mol. The van der Waals surface area contributed by atoms with Crippen LogP contribution in [0.1, 0.15) is 37.5 Å². The Morgan fingerprint density at radius 3 is 2.15 bits per heavy atom. The number of nitrogens with zero attached hydrogens (tertiary/aromatic N) is 1. The van der Waals surface area contributed by atoms with Crippen molar-refractivity contribution in [1.82, 2.24) is 4.90 Å². The second-order valence-electron chi connectivity index (χ2n) is 7.90. The first-order chi connectivity index (χ1) is 12.8. The van der Waals surface area contributed by atoms with Crippen LogP contribution in [-0.2, 0) is 18.4 Å². The summed E-state index contributed by atoms with van der Waals surface area (Å²) in [7, 11) is 3.26. The molecule has 0 radical (unpaired) electrons. The molecule has 1 heterocycles. The second-order valence-corrected chi connectivity index (χ2v) is 7.90. The van der Waals surface area contributed by atoms with Gasteiger partial charge in [-0.15, -0.1) is 0 Å². The number of fused-ring (bicyclic) bond motifs is 1. The van der Waals surface area contributed by atoms with E-state index in [0.717, 1.165) is 23.4 Å². The lowest BCUT2D eigenvalue weighted by Crippen LogP contribution is -2.38. The topological polar surface area (TPSA) is 50.8 Å². The molecule has 0 unspecified atom stereocenters. The fraction of sp³-hybridized carbons (Fsp3) is 0.409. The molecule has 0 aromatic heterocycles. The van der Waals surface area contributed by atoms with E-state index in [4.69, 9.17) is 9.47 Å². The van der Waals surface area contributed by atoms with Gasteiger partial charge < -0.3 is 19.7 Å². The summed E-state index contributed by atoms with van der Waals surface area (Å²) in [5, 5.41) is 3.00. The largest absolute Gasteiger partial charge is 0.493 e. The highest BCUT2D eigenvalue weighted by atomic mass is 16.5. The van der Waals surface area contributed by atoms with Gasteiger partial charge >= 0.3 is 6.03 Å². The first-order valence-corrected chi connectivity index (χ1v) is 9.22. The summed E-state index contributed by atoms with van der Waals surface area (Å²) < 4.78 is 10.8. The second kappa shape index (κ2) is 7.51. The van der Waals surface area contributed by atoms with Crippen molar-refractivity contribution in [3.05, 3.63) is 53.1 Å².